The van der Waals surface area contributed by atoms with Crippen molar-refractivity contribution in [2.45, 2.75) is 6.42 Å². The second kappa shape index (κ2) is 3.14. The molecule has 0 aromatic carbocycles. The average molecular weight is 332 g/mol. The zero-order valence-electron chi connectivity index (χ0n) is 7.74. The lowest BCUT2D eigenvalue weighted by Gasteiger charge is -2.29. The van der Waals surface area contributed by atoms with E-state index in [9.17, 15) is 9.59 Å². The lowest BCUT2D eigenvalue weighted by molar-refractivity contribution is -0.129. The molecule has 2 nitrogen and oxygen atoms in total. The summed E-state index contributed by atoms with van der Waals surface area (Å²) in [5.41, 5.74) is 0. The summed E-state index contributed by atoms with van der Waals surface area (Å²) in [7, 11) is 0. The van der Waals surface area contributed by atoms with Crippen molar-refractivity contribution in [1.29, 1.82) is 0 Å². The SMILES string of the molecule is O=C1C(Br)=C(Br)C(=O)C2C3C=CC(C3)C12. The maximum Gasteiger partial charge on any atom is 0.175 e. The Hall–Kier alpha value is -0.220. The Morgan fingerprint density at radius 2 is 1.33 bits per heavy atom. The Kier molecular flexibility index (Phi) is 2.09. The third-order valence-electron chi connectivity index (χ3n) is 3.69. The van der Waals surface area contributed by atoms with Gasteiger partial charge in [-0.2, -0.15) is 0 Å². The molecule has 0 saturated heterocycles. The van der Waals surface area contributed by atoms with Crippen molar-refractivity contribution >= 4 is 43.4 Å². The van der Waals surface area contributed by atoms with Gasteiger partial charge in [0.25, 0.3) is 0 Å². The molecule has 1 saturated carbocycles. The minimum Gasteiger partial charge on any atom is -0.293 e. The molecule has 2 bridgehead atoms. The summed E-state index contributed by atoms with van der Waals surface area (Å²) >= 11 is 6.41. The van der Waals surface area contributed by atoms with Crippen LogP contribution < -0.4 is 0 Å². The van der Waals surface area contributed by atoms with Crippen LogP contribution in [0, 0.1) is 23.7 Å². The van der Waals surface area contributed by atoms with Gasteiger partial charge in [0, 0.05) is 11.8 Å². The number of Topliss-reactive ketones (excluding diaryl/α,β-unsaturated/α-hetero) is 2. The predicted octanol–water partition coefficient (Wildman–Crippen LogP) is 2.58. The molecular formula is C11H8Br2O2. The summed E-state index contributed by atoms with van der Waals surface area (Å²) in [5.74, 6) is 0.521. The van der Waals surface area contributed by atoms with E-state index in [1.54, 1.807) is 0 Å². The van der Waals surface area contributed by atoms with Crippen molar-refractivity contribution in [1.82, 2.24) is 0 Å². The van der Waals surface area contributed by atoms with E-state index in [4.69, 9.17) is 0 Å². The van der Waals surface area contributed by atoms with Crippen LogP contribution in [-0.2, 0) is 9.59 Å². The van der Waals surface area contributed by atoms with Crippen LogP contribution in [0.2, 0.25) is 0 Å². The van der Waals surface area contributed by atoms with E-state index in [1.807, 2.05) is 0 Å². The van der Waals surface area contributed by atoms with E-state index in [1.165, 1.54) is 0 Å². The van der Waals surface area contributed by atoms with Crippen LogP contribution in [-0.4, -0.2) is 11.6 Å². The number of hydrogen-bond acceptors (Lipinski definition) is 2. The zero-order chi connectivity index (χ0) is 10.7. The lowest BCUT2D eigenvalue weighted by Crippen LogP contribution is -2.37. The zero-order valence-corrected chi connectivity index (χ0v) is 10.9. The first kappa shape index (κ1) is 9.97. The van der Waals surface area contributed by atoms with Gasteiger partial charge < -0.3 is 0 Å². The summed E-state index contributed by atoms with van der Waals surface area (Å²) in [6.07, 6.45) is 5.15. The van der Waals surface area contributed by atoms with Gasteiger partial charge in [0.05, 0.1) is 8.96 Å². The van der Waals surface area contributed by atoms with Gasteiger partial charge in [-0.25, -0.2) is 0 Å². The van der Waals surface area contributed by atoms with Crippen LogP contribution in [0.1, 0.15) is 6.42 Å². The highest BCUT2D eigenvalue weighted by molar-refractivity contribution is 9.14. The topological polar surface area (TPSA) is 34.1 Å². The fourth-order valence-corrected chi connectivity index (χ4v) is 3.97. The van der Waals surface area contributed by atoms with Gasteiger partial charge in [-0.05, 0) is 50.1 Å². The van der Waals surface area contributed by atoms with Crippen LogP contribution in [0.25, 0.3) is 0 Å². The molecule has 0 amide bonds. The first-order valence-electron chi connectivity index (χ1n) is 4.93. The van der Waals surface area contributed by atoms with E-state index >= 15 is 0 Å². The summed E-state index contributed by atoms with van der Waals surface area (Å²) in [5, 5.41) is 0. The standard InChI is InChI=1S/C11H8Br2O2/c12-8-9(13)11(15)7-5-2-1-4(3-5)6(7)10(8)14/h1-2,4-7H,3H2. The van der Waals surface area contributed by atoms with E-state index in [0.717, 1.165) is 6.42 Å². The summed E-state index contributed by atoms with van der Waals surface area (Å²) in [6, 6.07) is 0. The van der Waals surface area contributed by atoms with E-state index in [-0.39, 0.29) is 35.2 Å². The summed E-state index contributed by atoms with van der Waals surface area (Å²) in [6.45, 7) is 0. The molecule has 3 aliphatic carbocycles. The van der Waals surface area contributed by atoms with Crippen LogP contribution in [0.15, 0.2) is 21.1 Å². The fraction of sp³-hybridized carbons (Fsp3) is 0.455. The van der Waals surface area contributed by atoms with Crippen molar-refractivity contribution < 1.29 is 9.59 Å². The van der Waals surface area contributed by atoms with Crippen molar-refractivity contribution in [3.05, 3.63) is 21.1 Å². The van der Waals surface area contributed by atoms with Gasteiger partial charge in [0.1, 0.15) is 0 Å². The first-order valence-corrected chi connectivity index (χ1v) is 6.52. The van der Waals surface area contributed by atoms with Crippen molar-refractivity contribution in [2.24, 2.45) is 23.7 Å². The summed E-state index contributed by atoms with van der Waals surface area (Å²) in [4.78, 5) is 24.1. The number of ketones is 2. The monoisotopic (exact) mass is 330 g/mol. The predicted molar refractivity (Wildman–Crippen MR) is 62.6 cm³/mol. The Morgan fingerprint density at radius 3 is 1.73 bits per heavy atom. The molecule has 0 N–H and O–H groups in total. The molecule has 1 fully saturated rings. The minimum absolute atomic E-state index is 0.0864. The number of allylic oxidation sites excluding steroid dienone is 4. The van der Waals surface area contributed by atoms with Crippen molar-refractivity contribution in [3.8, 4) is 0 Å². The number of carbonyl (C=O) groups is 2. The van der Waals surface area contributed by atoms with Gasteiger partial charge in [-0.1, -0.05) is 12.2 Å². The number of carbonyl (C=O) groups excluding carboxylic acids is 2. The van der Waals surface area contributed by atoms with Gasteiger partial charge in [0.15, 0.2) is 11.6 Å². The Balaban J connectivity index is 2.13. The maximum absolute atomic E-state index is 12.0. The molecule has 4 atom stereocenters. The number of fused-ring (bicyclic) bond motifs is 5. The highest BCUT2D eigenvalue weighted by Gasteiger charge is 2.54. The first-order chi connectivity index (χ1) is 7.11. The van der Waals surface area contributed by atoms with Gasteiger partial charge in [0.2, 0.25) is 0 Å². The molecule has 0 aliphatic heterocycles. The van der Waals surface area contributed by atoms with Crippen LogP contribution >= 0.6 is 31.9 Å². The molecule has 0 heterocycles. The molecule has 78 valence electrons. The quantitative estimate of drug-likeness (QED) is 0.639. The van der Waals surface area contributed by atoms with Crippen LogP contribution in [0.3, 0.4) is 0 Å². The number of halogens is 2. The van der Waals surface area contributed by atoms with Gasteiger partial charge in [-0.3, -0.25) is 9.59 Å². The Bertz CT molecular complexity index is 398. The van der Waals surface area contributed by atoms with Crippen LogP contribution in [0.4, 0.5) is 0 Å². The molecular weight excluding hydrogens is 324 g/mol. The molecule has 4 unspecified atom stereocenters. The van der Waals surface area contributed by atoms with Gasteiger partial charge in [-0.15, -0.1) is 0 Å². The number of rotatable bonds is 0. The Labute approximate surface area is 104 Å². The molecule has 4 heteroatoms. The smallest absolute Gasteiger partial charge is 0.175 e. The van der Waals surface area contributed by atoms with Crippen molar-refractivity contribution in [2.75, 3.05) is 0 Å². The highest BCUT2D eigenvalue weighted by atomic mass is 79.9. The molecule has 15 heavy (non-hydrogen) atoms. The minimum atomic E-state index is -0.108. The molecule has 0 aromatic rings. The fourth-order valence-electron chi connectivity index (χ4n) is 3.05. The molecule has 0 aromatic heterocycles. The normalized spacial score (nSPS) is 42.8. The van der Waals surface area contributed by atoms with Crippen molar-refractivity contribution in [3.63, 3.8) is 0 Å². The molecule has 3 aliphatic rings. The van der Waals surface area contributed by atoms with E-state index in [0.29, 0.717) is 8.96 Å². The third kappa shape index (κ3) is 1.15. The molecule has 3 rings (SSSR count). The van der Waals surface area contributed by atoms with Crippen LogP contribution in [0.5, 0.6) is 0 Å². The number of hydrogen-bond donors (Lipinski definition) is 0. The molecule has 0 radical (unpaired) electrons. The summed E-state index contributed by atoms with van der Waals surface area (Å²) < 4.78 is 0.851. The lowest BCUT2D eigenvalue weighted by atomic mass is 9.75. The second-order valence-electron chi connectivity index (χ2n) is 4.36. The largest absolute Gasteiger partial charge is 0.293 e. The average Bonchev–Trinajstić information content (AvgIpc) is 2.82. The Morgan fingerprint density at radius 1 is 0.933 bits per heavy atom. The molecule has 0 spiro atoms. The van der Waals surface area contributed by atoms with Gasteiger partial charge >= 0.3 is 0 Å². The third-order valence-corrected chi connectivity index (χ3v) is 5.80. The van der Waals surface area contributed by atoms with E-state index in [2.05, 4.69) is 44.0 Å². The second-order valence-corrected chi connectivity index (χ2v) is 5.94. The highest BCUT2D eigenvalue weighted by Crippen LogP contribution is 2.53. The maximum atomic E-state index is 12.0. The van der Waals surface area contributed by atoms with E-state index < -0.39 is 0 Å².